The minimum absolute atomic E-state index is 0.0770. The highest BCUT2D eigenvalue weighted by Crippen LogP contribution is 2.17. The van der Waals surface area contributed by atoms with Crippen molar-refractivity contribution in [2.45, 2.75) is 12.5 Å². The molecule has 17 heavy (non-hydrogen) atoms. The first-order chi connectivity index (χ1) is 8.10. The predicted molar refractivity (Wildman–Crippen MR) is 65.7 cm³/mol. The Kier molecular flexibility index (Phi) is 2.99. The van der Waals surface area contributed by atoms with Crippen LogP contribution in [0.15, 0.2) is 6.07 Å². The lowest BCUT2D eigenvalue weighted by Gasteiger charge is -2.13. The Morgan fingerprint density at radius 2 is 2.18 bits per heavy atom. The largest absolute Gasteiger partial charge is 0.373 e. The van der Waals surface area contributed by atoms with Crippen LogP contribution in [0.5, 0.6) is 0 Å². The summed E-state index contributed by atoms with van der Waals surface area (Å²) in [6, 6.07) is 1.50. The lowest BCUT2D eigenvalue weighted by atomic mass is 10.2. The average molecular weight is 236 g/mol. The van der Waals surface area contributed by atoms with Gasteiger partial charge in [-0.05, 0) is 6.42 Å². The third-order valence-electron chi connectivity index (χ3n) is 2.75. The van der Waals surface area contributed by atoms with Crippen LogP contribution in [0.1, 0.15) is 6.42 Å². The molecule has 1 aromatic heterocycles. The van der Waals surface area contributed by atoms with Gasteiger partial charge in [0.2, 0.25) is 11.9 Å². The van der Waals surface area contributed by atoms with Crippen molar-refractivity contribution in [1.29, 1.82) is 0 Å². The van der Waals surface area contributed by atoms with Gasteiger partial charge in [0.05, 0.1) is 0 Å². The average Bonchev–Trinajstić information content (AvgIpc) is 2.60. The van der Waals surface area contributed by atoms with Gasteiger partial charge >= 0.3 is 0 Å². The summed E-state index contributed by atoms with van der Waals surface area (Å²) in [5.74, 6) is 1.45. The van der Waals surface area contributed by atoms with Crippen LogP contribution in [0, 0.1) is 0 Å². The van der Waals surface area contributed by atoms with Gasteiger partial charge in [-0.15, -0.1) is 0 Å². The van der Waals surface area contributed by atoms with Crippen molar-refractivity contribution in [3.63, 3.8) is 0 Å². The highest BCUT2D eigenvalue weighted by molar-refractivity contribution is 5.86. The summed E-state index contributed by atoms with van der Waals surface area (Å²) in [4.78, 5) is 21.4. The van der Waals surface area contributed by atoms with Crippen LogP contribution in [0.25, 0.3) is 0 Å². The molecular formula is C10H16N6O. The van der Waals surface area contributed by atoms with Crippen LogP contribution in [0.3, 0.4) is 0 Å². The molecule has 0 saturated carbocycles. The normalized spacial score (nSPS) is 19.5. The Morgan fingerprint density at radius 3 is 2.76 bits per heavy atom. The second kappa shape index (κ2) is 4.44. The zero-order chi connectivity index (χ0) is 12.4. The monoisotopic (exact) mass is 236 g/mol. The minimum Gasteiger partial charge on any atom is -0.373 e. The number of hydrogen-bond acceptors (Lipinski definition) is 6. The second-order valence-electron chi connectivity index (χ2n) is 3.99. The van der Waals surface area contributed by atoms with Crippen LogP contribution in [0.4, 0.5) is 17.6 Å². The van der Waals surface area contributed by atoms with E-state index in [1.165, 1.54) is 0 Å². The molecule has 1 amide bonds. The van der Waals surface area contributed by atoms with Gasteiger partial charge in [-0.3, -0.25) is 4.79 Å². The standard InChI is InChI=1S/C10H16N6O/c1-12-7-5-8(15-10(11)14-7)13-6-3-4-16(2)9(6)17/h5-6H,3-4H2,1-2H3,(H4,11,12,13,14,15). The van der Waals surface area contributed by atoms with Gasteiger partial charge in [-0.2, -0.15) is 9.97 Å². The van der Waals surface area contributed by atoms with Crippen LogP contribution < -0.4 is 16.4 Å². The second-order valence-corrected chi connectivity index (χ2v) is 3.99. The predicted octanol–water partition coefficient (Wildman–Crippen LogP) is -0.257. The van der Waals surface area contributed by atoms with Crippen LogP contribution >= 0.6 is 0 Å². The molecule has 1 atom stereocenters. The number of amides is 1. The topological polar surface area (TPSA) is 96.2 Å². The molecule has 7 nitrogen and oxygen atoms in total. The minimum atomic E-state index is -0.223. The summed E-state index contributed by atoms with van der Waals surface area (Å²) in [5.41, 5.74) is 5.57. The first-order valence-corrected chi connectivity index (χ1v) is 5.44. The first-order valence-electron chi connectivity index (χ1n) is 5.44. The zero-order valence-corrected chi connectivity index (χ0v) is 9.90. The highest BCUT2D eigenvalue weighted by atomic mass is 16.2. The Labute approximate surface area is 99.4 Å². The van der Waals surface area contributed by atoms with Crippen molar-refractivity contribution >= 4 is 23.5 Å². The third kappa shape index (κ3) is 2.38. The van der Waals surface area contributed by atoms with Gasteiger partial charge in [0.1, 0.15) is 17.7 Å². The summed E-state index contributed by atoms with van der Waals surface area (Å²) in [6.45, 7) is 0.760. The lowest BCUT2D eigenvalue weighted by Crippen LogP contribution is -2.31. The molecule has 1 aliphatic heterocycles. The van der Waals surface area contributed by atoms with E-state index in [0.717, 1.165) is 13.0 Å². The summed E-state index contributed by atoms with van der Waals surface area (Å²) in [6.07, 6.45) is 0.772. The molecule has 2 rings (SSSR count). The maximum Gasteiger partial charge on any atom is 0.244 e. The van der Waals surface area contributed by atoms with Gasteiger partial charge in [-0.25, -0.2) is 0 Å². The number of rotatable bonds is 3. The maximum absolute atomic E-state index is 11.7. The summed E-state index contributed by atoms with van der Waals surface area (Å²) >= 11 is 0. The SMILES string of the molecule is CNc1cc(NC2CCN(C)C2=O)nc(N)n1. The van der Waals surface area contributed by atoms with E-state index in [1.54, 1.807) is 25.1 Å². The number of nitrogen functional groups attached to an aromatic ring is 1. The van der Waals surface area contributed by atoms with Crippen molar-refractivity contribution in [3.05, 3.63) is 6.07 Å². The van der Waals surface area contributed by atoms with Gasteiger partial charge < -0.3 is 21.3 Å². The summed E-state index contributed by atoms with van der Waals surface area (Å²) in [5, 5.41) is 5.96. The number of aromatic nitrogens is 2. The van der Waals surface area contributed by atoms with Gasteiger partial charge in [0.15, 0.2) is 0 Å². The molecule has 2 heterocycles. The van der Waals surface area contributed by atoms with E-state index in [4.69, 9.17) is 5.73 Å². The van der Waals surface area contributed by atoms with E-state index in [1.807, 2.05) is 0 Å². The van der Waals surface area contributed by atoms with Gasteiger partial charge in [-0.1, -0.05) is 0 Å². The number of nitrogens with one attached hydrogen (secondary N) is 2. The molecule has 1 fully saturated rings. The Bertz CT molecular complexity index is 435. The Balaban J connectivity index is 2.13. The van der Waals surface area contributed by atoms with E-state index in [9.17, 15) is 4.79 Å². The smallest absolute Gasteiger partial charge is 0.244 e. The van der Waals surface area contributed by atoms with E-state index in [0.29, 0.717) is 11.6 Å². The Hall–Kier alpha value is -2.05. The molecule has 0 bridgehead atoms. The van der Waals surface area contributed by atoms with Gasteiger partial charge in [0.25, 0.3) is 0 Å². The molecule has 92 valence electrons. The fourth-order valence-electron chi connectivity index (χ4n) is 1.80. The number of likely N-dealkylation sites (N-methyl/N-ethyl adjacent to an activating group) is 1. The van der Waals surface area contributed by atoms with E-state index in [2.05, 4.69) is 20.6 Å². The molecule has 1 aromatic rings. The Morgan fingerprint density at radius 1 is 1.47 bits per heavy atom. The number of carbonyl (C=O) groups excluding carboxylic acids is 1. The number of hydrogen-bond donors (Lipinski definition) is 3. The molecule has 0 aliphatic carbocycles. The van der Waals surface area contributed by atoms with E-state index in [-0.39, 0.29) is 17.9 Å². The number of nitrogens with zero attached hydrogens (tertiary/aromatic N) is 3. The van der Waals surface area contributed by atoms with Crippen LogP contribution in [0.2, 0.25) is 0 Å². The van der Waals surface area contributed by atoms with Crippen molar-refractivity contribution in [2.24, 2.45) is 0 Å². The van der Waals surface area contributed by atoms with E-state index >= 15 is 0 Å². The molecule has 1 aliphatic rings. The third-order valence-corrected chi connectivity index (χ3v) is 2.75. The van der Waals surface area contributed by atoms with Crippen molar-refractivity contribution in [3.8, 4) is 0 Å². The highest BCUT2D eigenvalue weighted by Gasteiger charge is 2.29. The van der Waals surface area contributed by atoms with Gasteiger partial charge in [0, 0.05) is 26.7 Å². The molecular weight excluding hydrogens is 220 g/mol. The molecule has 0 radical (unpaired) electrons. The fourth-order valence-corrected chi connectivity index (χ4v) is 1.80. The van der Waals surface area contributed by atoms with Crippen molar-refractivity contribution in [2.75, 3.05) is 37.0 Å². The first kappa shape index (κ1) is 11.4. The number of carbonyl (C=O) groups is 1. The van der Waals surface area contributed by atoms with Crippen molar-refractivity contribution < 1.29 is 4.79 Å². The number of anilines is 3. The van der Waals surface area contributed by atoms with E-state index < -0.39 is 0 Å². The zero-order valence-electron chi connectivity index (χ0n) is 9.90. The molecule has 0 spiro atoms. The molecule has 7 heteroatoms. The summed E-state index contributed by atoms with van der Waals surface area (Å²) < 4.78 is 0. The maximum atomic E-state index is 11.7. The molecule has 1 saturated heterocycles. The van der Waals surface area contributed by atoms with Crippen LogP contribution in [-0.4, -0.2) is 47.5 Å². The molecule has 0 aromatic carbocycles. The number of likely N-dealkylation sites (tertiary alicyclic amines) is 1. The number of nitrogens with two attached hydrogens (primary N) is 1. The molecule has 1 unspecified atom stereocenters. The van der Waals surface area contributed by atoms with Crippen LogP contribution in [-0.2, 0) is 4.79 Å². The molecule has 4 N–H and O–H groups in total. The fraction of sp³-hybridized carbons (Fsp3) is 0.500. The quantitative estimate of drug-likeness (QED) is 0.669. The lowest BCUT2D eigenvalue weighted by molar-refractivity contribution is -0.127. The van der Waals surface area contributed by atoms with Crippen molar-refractivity contribution in [1.82, 2.24) is 14.9 Å². The summed E-state index contributed by atoms with van der Waals surface area (Å²) in [7, 11) is 3.54.